The Bertz CT molecular complexity index is 1060. The zero-order chi connectivity index (χ0) is 24.7. The van der Waals surface area contributed by atoms with Crippen molar-refractivity contribution in [2.24, 2.45) is 0 Å². The predicted octanol–water partition coefficient (Wildman–Crippen LogP) is 3.63. The van der Waals surface area contributed by atoms with Crippen molar-refractivity contribution in [3.8, 4) is 0 Å². The fourth-order valence-electron chi connectivity index (χ4n) is 4.25. The number of hydrogen-bond acceptors (Lipinski definition) is 4. The number of anilines is 1. The Balaban J connectivity index is 1.84. The first kappa shape index (κ1) is 25.7. The molecule has 0 heterocycles. The first-order valence-electron chi connectivity index (χ1n) is 11.8. The summed E-state index contributed by atoms with van der Waals surface area (Å²) < 4.78 is 26.1. The summed E-state index contributed by atoms with van der Waals surface area (Å²) in [5.41, 5.74) is 2.38. The second-order valence-corrected chi connectivity index (χ2v) is 11.0. The maximum Gasteiger partial charge on any atom is 0.244 e. The Morgan fingerprint density at radius 2 is 1.62 bits per heavy atom. The molecule has 0 spiro atoms. The quantitative estimate of drug-likeness (QED) is 0.588. The number of rotatable bonds is 9. The Morgan fingerprint density at radius 1 is 1.00 bits per heavy atom. The van der Waals surface area contributed by atoms with E-state index in [0.717, 1.165) is 47.4 Å². The zero-order valence-corrected chi connectivity index (χ0v) is 21.1. The minimum absolute atomic E-state index is 0.122. The molecule has 184 valence electrons. The third kappa shape index (κ3) is 7.06. The number of carbonyl (C=O) groups excluding carboxylic acids is 2. The number of nitrogens with one attached hydrogen (secondary N) is 1. The van der Waals surface area contributed by atoms with Crippen molar-refractivity contribution in [2.75, 3.05) is 17.1 Å². The van der Waals surface area contributed by atoms with E-state index in [1.165, 1.54) is 11.3 Å². The molecule has 0 radical (unpaired) electrons. The van der Waals surface area contributed by atoms with Crippen LogP contribution in [0.3, 0.4) is 0 Å². The zero-order valence-electron chi connectivity index (χ0n) is 20.2. The molecular formula is C26H35N3O4S. The summed E-state index contributed by atoms with van der Waals surface area (Å²) in [6.07, 6.45) is 6.33. The van der Waals surface area contributed by atoms with Gasteiger partial charge in [-0.1, -0.05) is 67.3 Å². The van der Waals surface area contributed by atoms with Crippen LogP contribution < -0.4 is 9.62 Å². The standard InChI is InChI=1S/C26H35N3O4S/c1-20-14-16-22(17-15-20)18-28(21(2)26(31)27-23-10-6-4-7-11-23)25(30)19-29(34(3,32)33)24-12-8-5-9-13-24/h5,8-9,12-17,21,23H,4,6-7,10-11,18-19H2,1-3H3,(H,27,31)/t21-/m1/s1. The Morgan fingerprint density at radius 3 is 2.21 bits per heavy atom. The van der Waals surface area contributed by atoms with E-state index in [4.69, 9.17) is 0 Å². The normalized spacial score (nSPS) is 15.4. The van der Waals surface area contributed by atoms with Gasteiger partial charge in [0.15, 0.2) is 0 Å². The number of carbonyl (C=O) groups is 2. The van der Waals surface area contributed by atoms with Crippen LogP contribution in [-0.4, -0.2) is 50.0 Å². The van der Waals surface area contributed by atoms with Gasteiger partial charge in [0, 0.05) is 12.6 Å². The number of sulfonamides is 1. The maximum absolute atomic E-state index is 13.5. The molecule has 3 rings (SSSR count). The van der Waals surface area contributed by atoms with Crippen LogP contribution in [0.2, 0.25) is 0 Å². The lowest BCUT2D eigenvalue weighted by molar-refractivity contribution is -0.139. The summed E-state index contributed by atoms with van der Waals surface area (Å²) in [4.78, 5) is 28.1. The molecule has 2 aromatic carbocycles. The van der Waals surface area contributed by atoms with Crippen LogP contribution in [0.4, 0.5) is 5.69 Å². The number of hydrogen-bond donors (Lipinski definition) is 1. The van der Waals surface area contributed by atoms with E-state index in [1.807, 2.05) is 31.2 Å². The van der Waals surface area contributed by atoms with Crippen molar-refractivity contribution in [1.82, 2.24) is 10.2 Å². The largest absolute Gasteiger partial charge is 0.352 e. The highest BCUT2D eigenvalue weighted by Gasteiger charge is 2.31. The first-order valence-corrected chi connectivity index (χ1v) is 13.7. The number of nitrogens with zero attached hydrogens (tertiary/aromatic N) is 2. The van der Waals surface area contributed by atoms with Crippen molar-refractivity contribution < 1.29 is 18.0 Å². The molecule has 1 aliphatic rings. The molecule has 1 saturated carbocycles. The number of amides is 2. The van der Waals surface area contributed by atoms with Gasteiger partial charge < -0.3 is 10.2 Å². The summed E-state index contributed by atoms with van der Waals surface area (Å²) in [6.45, 7) is 3.52. The number of aryl methyl sites for hydroxylation is 1. The van der Waals surface area contributed by atoms with E-state index < -0.39 is 22.0 Å². The fraction of sp³-hybridized carbons (Fsp3) is 0.462. The smallest absolute Gasteiger partial charge is 0.244 e. The average Bonchev–Trinajstić information content (AvgIpc) is 2.82. The van der Waals surface area contributed by atoms with E-state index in [0.29, 0.717) is 5.69 Å². The topological polar surface area (TPSA) is 86.8 Å². The monoisotopic (exact) mass is 485 g/mol. The second kappa shape index (κ2) is 11.5. The van der Waals surface area contributed by atoms with Crippen LogP contribution in [-0.2, 0) is 26.2 Å². The SMILES string of the molecule is Cc1ccc(CN(C(=O)CN(c2ccccc2)S(C)(=O)=O)[C@H](C)C(=O)NC2CCCCC2)cc1. The molecule has 0 bridgehead atoms. The summed E-state index contributed by atoms with van der Waals surface area (Å²) in [5, 5.41) is 3.10. The molecular weight excluding hydrogens is 450 g/mol. The highest BCUT2D eigenvalue weighted by Crippen LogP contribution is 2.20. The molecule has 8 heteroatoms. The summed E-state index contributed by atoms with van der Waals surface area (Å²) in [7, 11) is -3.71. The van der Waals surface area contributed by atoms with E-state index in [-0.39, 0.29) is 25.0 Å². The van der Waals surface area contributed by atoms with E-state index in [9.17, 15) is 18.0 Å². The van der Waals surface area contributed by atoms with Gasteiger partial charge in [-0.3, -0.25) is 13.9 Å². The van der Waals surface area contributed by atoms with Crippen LogP contribution >= 0.6 is 0 Å². The van der Waals surface area contributed by atoms with E-state index in [1.54, 1.807) is 37.3 Å². The molecule has 34 heavy (non-hydrogen) atoms. The highest BCUT2D eigenvalue weighted by atomic mass is 32.2. The molecule has 1 atom stereocenters. The molecule has 0 aliphatic heterocycles. The third-order valence-corrected chi connectivity index (χ3v) is 7.46. The lowest BCUT2D eigenvalue weighted by Crippen LogP contribution is -2.52. The van der Waals surface area contributed by atoms with E-state index in [2.05, 4.69) is 5.32 Å². The van der Waals surface area contributed by atoms with Crippen LogP contribution in [0.5, 0.6) is 0 Å². The molecule has 1 N–H and O–H groups in total. The van der Waals surface area contributed by atoms with Crippen LogP contribution in [0.1, 0.15) is 50.2 Å². The lowest BCUT2D eigenvalue weighted by atomic mass is 9.95. The van der Waals surface area contributed by atoms with E-state index >= 15 is 0 Å². The predicted molar refractivity (Wildman–Crippen MR) is 135 cm³/mol. The van der Waals surface area contributed by atoms with Crippen molar-refractivity contribution in [3.63, 3.8) is 0 Å². The van der Waals surface area contributed by atoms with Gasteiger partial charge in [0.1, 0.15) is 12.6 Å². The lowest BCUT2D eigenvalue weighted by Gasteiger charge is -2.33. The molecule has 2 aromatic rings. The maximum atomic E-state index is 13.5. The van der Waals surface area contributed by atoms with Crippen molar-refractivity contribution in [1.29, 1.82) is 0 Å². The summed E-state index contributed by atoms with van der Waals surface area (Å²) in [5.74, 6) is -0.640. The van der Waals surface area contributed by atoms with Crippen molar-refractivity contribution in [3.05, 3.63) is 65.7 Å². The second-order valence-electron chi connectivity index (χ2n) is 9.13. The molecule has 0 unspecified atom stereocenters. The Hall–Kier alpha value is -2.87. The van der Waals surface area contributed by atoms with Gasteiger partial charge in [-0.25, -0.2) is 8.42 Å². The minimum atomic E-state index is -3.71. The van der Waals surface area contributed by atoms with Crippen LogP contribution in [0.25, 0.3) is 0 Å². The summed E-state index contributed by atoms with van der Waals surface area (Å²) >= 11 is 0. The van der Waals surface area contributed by atoms with Crippen LogP contribution in [0.15, 0.2) is 54.6 Å². The Labute approximate surface area is 203 Å². The molecule has 7 nitrogen and oxygen atoms in total. The molecule has 0 aromatic heterocycles. The van der Waals surface area contributed by atoms with Gasteiger partial charge in [0.25, 0.3) is 0 Å². The fourth-order valence-corrected chi connectivity index (χ4v) is 5.10. The van der Waals surface area contributed by atoms with Gasteiger partial charge >= 0.3 is 0 Å². The van der Waals surface area contributed by atoms with Crippen LogP contribution in [0, 0.1) is 6.92 Å². The van der Waals surface area contributed by atoms with Gasteiger partial charge in [-0.05, 0) is 44.4 Å². The van der Waals surface area contributed by atoms with Crippen molar-refractivity contribution >= 4 is 27.5 Å². The molecule has 2 amide bonds. The van der Waals surface area contributed by atoms with Gasteiger partial charge in [0.2, 0.25) is 21.8 Å². The summed E-state index contributed by atoms with van der Waals surface area (Å²) in [6, 6.07) is 15.7. The Kier molecular flexibility index (Phi) is 8.72. The number of benzene rings is 2. The molecule has 1 fully saturated rings. The third-order valence-electron chi connectivity index (χ3n) is 6.32. The highest BCUT2D eigenvalue weighted by molar-refractivity contribution is 7.92. The first-order chi connectivity index (χ1) is 16.1. The van der Waals surface area contributed by atoms with Gasteiger partial charge in [0.05, 0.1) is 11.9 Å². The van der Waals surface area contributed by atoms with Gasteiger partial charge in [-0.15, -0.1) is 0 Å². The molecule has 1 aliphatic carbocycles. The molecule has 0 saturated heterocycles. The van der Waals surface area contributed by atoms with Crippen molar-refractivity contribution in [2.45, 2.75) is 64.6 Å². The minimum Gasteiger partial charge on any atom is -0.352 e. The van der Waals surface area contributed by atoms with Gasteiger partial charge in [-0.2, -0.15) is 0 Å². The number of para-hydroxylation sites is 1. The average molecular weight is 486 g/mol.